The molecule has 1 fully saturated rings. The number of hydrogen-bond donors (Lipinski definition) is 1. The van der Waals surface area contributed by atoms with Crippen LogP contribution in [0.1, 0.15) is 26.7 Å². The van der Waals surface area contributed by atoms with E-state index in [1.54, 1.807) is 11.8 Å². The number of nitrogens with one attached hydrogen (secondary N) is 1. The molecule has 1 aromatic carbocycles. The van der Waals surface area contributed by atoms with Crippen molar-refractivity contribution in [3.8, 4) is 0 Å². The molecule has 5 heteroatoms. The molecule has 4 nitrogen and oxygen atoms in total. The van der Waals surface area contributed by atoms with Gasteiger partial charge in [0, 0.05) is 36.4 Å². The molecule has 0 bridgehead atoms. The van der Waals surface area contributed by atoms with Gasteiger partial charge in [0.2, 0.25) is 0 Å². The van der Waals surface area contributed by atoms with Crippen molar-refractivity contribution in [2.75, 3.05) is 26.2 Å². The van der Waals surface area contributed by atoms with Crippen molar-refractivity contribution in [2.24, 2.45) is 0 Å². The van der Waals surface area contributed by atoms with Crippen LogP contribution in [0.25, 0.3) is 0 Å². The summed E-state index contributed by atoms with van der Waals surface area (Å²) < 4.78 is 5.61. The van der Waals surface area contributed by atoms with E-state index >= 15 is 0 Å². The van der Waals surface area contributed by atoms with Crippen LogP contribution < -0.4 is 5.32 Å². The lowest BCUT2D eigenvalue weighted by Gasteiger charge is -2.32. The van der Waals surface area contributed by atoms with Crippen molar-refractivity contribution in [3.63, 3.8) is 0 Å². The summed E-state index contributed by atoms with van der Waals surface area (Å²) in [7, 11) is 0. The molecule has 1 aliphatic heterocycles. The summed E-state index contributed by atoms with van der Waals surface area (Å²) in [5.41, 5.74) is 0. The predicted octanol–water partition coefficient (Wildman–Crippen LogP) is 3.38. The second-order valence-electron chi connectivity index (χ2n) is 5.57. The van der Waals surface area contributed by atoms with Crippen molar-refractivity contribution in [1.29, 1.82) is 0 Å². The van der Waals surface area contributed by atoms with Gasteiger partial charge in [-0.25, -0.2) is 4.79 Å². The quantitative estimate of drug-likeness (QED) is 0.816. The first kappa shape index (κ1) is 17.2. The number of carbonyl (C=O) groups excluding carboxylic acids is 1. The van der Waals surface area contributed by atoms with E-state index in [4.69, 9.17) is 4.74 Å². The third-order valence-electron chi connectivity index (χ3n) is 3.75. The number of hydrogen-bond acceptors (Lipinski definition) is 3. The third-order valence-corrected chi connectivity index (χ3v) is 4.87. The zero-order valence-corrected chi connectivity index (χ0v) is 14.3. The summed E-state index contributed by atoms with van der Waals surface area (Å²) in [6.45, 7) is 7.17. The standard InChI is InChI=1S/C17H26N2O2S/c1-3-21-15-9-11-19(12-10-15)17(20)18-13-14(2)22-16-7-5-4-6-8-16/h4-8,14-15H,3,9-13H2,1-2H3,(H,18,20). The highest BCUT2D eigenvalue weighted by molar-refractivity contribution is 8.00. The molecule has 0 aliphatic carbocycles. The summed E-state index contributed by atoms with van der Waals surface area (Å²) in [6.07, 6.45) is 2.20. The van der Waals surface area contributed by atoms with Gasteiger partial charge in [-0.15, -0.1) is 11.8 Å². The van der Waals surface area contributed by atoms with Gasteiger partial charge in [0.15, 0.2) is 0 Å². The molecule has 1 saturated heterocycles. The minimum absolute atomic E-state index is 0.0514. The lowest BCUT2D eigenvalue weighted by Crippen LogP contribution is -2.47. The summed E-state index contributed by atoms with van der Waals surface area (Å²) in [6, 6.07) is 10.3. The van der Waals surface area contributed by atoms with Gasteiger partial charge in [-0.2, -0.15) is 0 Å². The Morgan fingerprint density at radius 3 is 2.68 bits per heavy atom. The van der Waals surface area contributed by atoms with Gasteiger partial charge in [-0.3, -0.25) is 0 Å². The van der Waals surface area contributed by atoms with Gasteiger partial charge < -0.3 is 15.0 Å². The molecule has 1 N–H and O–H groups in total. The number of rotatable bonds is 6. The number of ether oxygens (including phenoxy) is 1. The molecule has 22 heavy (non-hydrogen) atoms. The Bertz CT molecular complexity index is 447. The Morgan fingerprint density at radius 2 is 2.05 bits per heavy atom. The summed E-state index contributed by atoms with van der Waals surface area (Å²) in [5, 5.41) is 3.40. The van der Waals surface area contributed by atoms with Crippen LogP contribution in [0.4, 0.5) is 4.79 Å². The maximum atomic E-state index is 12.2. The Hall–Kier alpha value is -1.20. The number of nitrogens with zero attached hydrogens (tertiary/aromatic N) is 1. The van der Waals surface area contributed by atoms with Crippen LogP contribution in [0.2, 0.25) is 0 Å². The first-order chi connectivity index (χ1) is 10.7. The van der Waals surface area contributed by atoms with Crippen molar-refractivity contribution in [1.82, 2.24) is 10.2 Å². The normalized spacial score (nSPS) is 17.3. The molecule has 1 unspecified atom stereocenters. The smallest absolute Gasteiger partial charge is 0.317 e. The second-order valence-corrected chi connectivity index (χ2v) is 7.08. The van der Waals surface area contributed by atoms with Gasteiger partial charge in [-0.05, 0) is 31.9 Å². The van der Waals surface area contributed by atoms with Crippen molar-refractivity contribution in [3.05, 3.63) is 30.3 Å². The highest BCUT2D eigenvalue weighted by Gasteiger charge is 2.22. The van der Waals surface area contributed by atoms with Crippen LogP contribution in [0.5, 0.6) is 0 Å². The predicted molar refractivity (Wildman–Crippen MR) is 91.4 cm³/mol. The van der Waals surface area contributed by atoms with Gasteiger partial charge in [0.25, 0.3) is 0 Å². The van der Waals surface area contributed by atoms with E-state index in [9.17, 15) is 4.79 Å². The van der Waals surface area contributed by atoms with Crippen LogP contribution >= 0.6 is 11.8 Å². The molecular formula is C17H26N2O2S. The molecule has 1 aromatic rings. The van der Waals surface area contributed by atoms with E-state index < -0.39 is 0 Å². The van der Waals surface area contributed by atoms with Crippen molar-refractivity contribution < 1.29 is 9.53 Å². The number of thioether (sulfide) groups is 1. The summed E-state index contributed by atoms with van der Waals surface area (Å²) in [5.74, 6) is 0. The third kappa shape index (κ3) is 5.54. The Kier molecular flexibility index (Phi) is 7.06. The Morgan fingerprint density at radius 1 is 1.36 bits per heavy atom. The fourth-order valence-electron chi connectivity index (χ4n) is 2.58. The van der Waals surface area contributed by atoms with Crippen LogP contribution in [0, 0.1) is 0 Å². The molecule has 0 saturated carbocycles. The van der Waals surface area contributed by atoms with Gasteiger partial charge >= 0.3 is 6.03 Å². The van der Waals surface area contributed by atoms with Crippen LogP contribution in [0.15, 0.2) is 35.2 Å². The maximum Gasteiger partial charge on any atom is 0.317 e. The first-order valence-electron chi connectivity index (χ1n) is 8.05. The molecule has 1 atom stereocenters. The fraction of sp³-hybridized carbons (Fsp3) is 0.588. The van der Waals surface area contributed by atoms with E-state index in [-0.39, 0.29) is 6.03 Å². The first-order valence-corrected chi connectivity index (χ1v) is 8.93. The van der Waals surface area contributed by atoms with Gasteiger partial charge in [0.05, 0.1) is 6.10 Å². The molecule has 0 spiro atoms. The molecular weight excluding hydrogens is 296 g/mol. The SMILES string of the molecule is CCOC1CCN(C(=O)NCC(C)Sc2ccccc2)CC1. The number of likely N-dealkylation sites (tertiary alicyclic amines) is 1. The number of piperidine rings is 1. The van der Waals surface area contributed by atoms with E-state index in [0.717, 1.165) is 32.5 Å². The number of urea groups is 1. The Labute approximate surface area is 137 Å². The number of amides is 2. The lowest BCUT2D eigenvalue weighted by atomic mass is 10.1. The van der Waals surface area contributed by atoms with Gasteiger partial charge in [0.1, 0.15) is 0 Å². The number of carbonyl (C=O) groups is 1. The van der Waals surface area contributed by atoms with Crippen molar-refractivity contribution >= 4 is 17.8 Å². The highest BCUT2D eigenvalue weighted by Crippen LogP contribution is 2.22. The molecule has 0 aromatic heterocycles. The average Bonchev–Trinajstić information content (AvgIpc) is 2.54. The molecule has 2 amide bonds. The molecule has 122 valence electrons. The molecule has 1 aliphatic rings. The maximum absolute atomic E-state index is 12.2. The molecule has 0 radical (unpaired) electrons. The number of benzene rings is 1. The Balaban J connectivity index is 1.67. The zero-order valence-electron chi connectivity index (χ0n) is 13.5. The lowest BCUT2D eigenvalue weighted by molar-refractivity contribution is 0.0220. The fourth-order valence-corrected chi connectivity index (χ4v) is 3.52. The zero-order chi connectivity index (χ0) is 15.8. The van der Waals surface area contributed by atoms with Crippen LogP contribution in [-0.4, -0.2) is 48.5 Å². The average molecular weight is 322 g/mol. The summed E-state index contributed by atoms with van der Waals surface area (Å²) in [4.78, 5) is 15.3. The van der Waals surface area contributed by atoms with E-state index in [2.05, 4.69) is 24.4 Å². The van der Waals surface area contributed by atoms with Crippen LogP contribution in [-0.2, 0) is 4.74 Å². The minimum atomic E-state index is 0.0514. The molecule has 2 rings (SSSR count). The summed E-state index contributed by atoms with van der Waals surface area (Å²) >= 11 is 1.79. The largest absolute Gasteiger partial charge is 0.378 e. The van der Waals surface area contributed by atoms with E-state index in [0.29, 0.717) is 17.9 Å². The van der Waals surface area contributed by atoms with E-state index in [1.807, 2.05) is 30.0 Å². The topological polar surface area (TPSA) is 41.6 Å². The van der Waals surface area contributed by atoms with E-state index in [1.165, 1.54) is 4.90 Å². The van der Waals surface area contributed by atoms with Crippen LogP contribution in [0.3, 0.4) is 0 Å². The van der Waals surface area contributed by atoms with Gasteiger partial charge in [-0.1, -0.05) is 25.1 Å². The molecule has 1 heterocycles. The highest BCUT2D eigenvalue weighted by atomic mass is 32.2. The second kappa shape index (κ2) is 9.06. The minimum Gasteiger partial charge on any atom is -0.378 e. The monoisotopic (exact) mass is 322 g/mol. The van der Waals surface area contributed by atoms with Crippen molar-refractivity contribution in [2.45, 2.75) is 42.9 Å².